The van der Waals surface area contributed by atoms with Gasteiger partial charge in [-0.1, -0.05) is 158 Å². The Hall–Kier alpha value is -7.69. The Morgan fingerprint density at radius 3 is 1.67 bits per heavy atom. The van der Waals surface area contributed by atoms with Crippen molar-refractivity contribution in [2.24, 2.45) is 0 Å². The van der Waals surface area contributed by atoms with E-state index in [1.54, 1.807) is 0 Å². The van der Waals surface area contributed by atoms with Crippen LogP contribution in [0.1, 0.15) is 0 Å². The number of rotatable bonds is 6. The summed E-state index contributed by atoms with van der Waals surface area (Å²) >= 11 is 0. The number of hydrogen-bond acceptors (Lipinski definition) is 3. The van der Waals surface area contributed by atoms with Crippen molar-refractivity contribution < 1.29 is 0 Å². The van der Waals surface area contributed by atoms with Crippen molar-refractivity contribution in [3.63, 3.8) is 0 Å². The minimum absolute atomic E-state index is 0.617. The quantitative estimate of drug-likeness (QED) is 0.171. The molecule has 0 unspecified atom stereocenters. The Balaban J connectivity index is 1.18. The van der Waals surface area contributed by atoms with Crippen LogP contribution in [0.4, 0.5) is 0 Å². The summed E-state index contributed by atoms with van der Waals surface area (Å²) < 4.78 is 2.40. The Labute approximate surface area is 330 Å². The number of fused-ring (bicyclic) bond motifs is 5. The van der Waals surface area contributed by atoms with Gasteiger partial charge in [0, 0.05) is 33.2 Å². The van der Waals surface area contributed by atoms with E-state index in [2.05, 4.69) is 193 Å². The van der Waals surface area contributed by atoms with Crippen LogP contribution < -0.4 is 0 Å². The fourth-order valence-electron chi connectivity index (χ4n) is 8.21. The fraction of sp³-hybridized carbons (Fsp3) is 0. The molecule has 11 rings (SSSR count). The fourth-order valence-corrected chi connectivity index (χ4v) is 8.21. The summed E-state index contributed by atoms with van der Waals surface area (Å²) in [5, 5.41) is 7.20. The minimum atomic E-state index is 0.617. The standard InChI is InChI=1S/C53H34N4/c1-3-14-35(15-4-1)39-22-13-23-42(30-39)47-34-44(57-49-25-12-11-24-45(49)48-32-40-20-9-10-21-41(40)33-50(48)57)28-29-46(47)53-55-51(37-17-5-2-6-18-37)54-52(56-53)43-27-26-36-16-7-8-19-38(36)31-43/h1-34H. The largest absolute Gasteiger partial charge is 0.309 e. The minimum Gasteiger partial charge on any atom is -0.309 e. The monoisotopic (exact) mass is 726 g/mol. The summed E-state index contributed by atoms with van der Waals surface area (Å²) in [5.41, 5.74) is 10.6. The number of nitrogens with zero attached hydrogens (tertiary/aromatic N) is 4. The normalized spacial score (nSPS) is 11.5. The summed E-state index contributed by atoms with van der Waals surface area (Å²) in [5.74, 6) is 1.88. The van der Waals surface area contributed by atoms with Gasteiger partial charge in [0.1, 0.15) is 0 Å². The van der Waals surface area contributed by atoms with Crippen LogP contribution >= 0.6 is 0 Å². The maximum absolute atomic E-state index is 5.27. The molecule has 9 aromatic carbocycles. The van der Waals surface area contributed by atoms with E-state index in [0.717, 1.165) is 61.1 Å². The van der Waals surface area contributed by atoms with E-state index in [9.17, 15) is 0 Å². The molecule has 0 aliphatic rings. The van der Waals surface area contributed by atoms with Gasteiger partial charge in [-0.25, -0.2) is 15.0 Å². The highest BCUT2D eigenvalue weighted by atomic mass is 15.0. The van der Waals surface area contributed by atoms with Gasteiger partial charge in [-0.05, 0) is 92.3 Å². The molecule has 0 radical (unpaired) electrons. The molecule has 0 aliphatic carbocycles. The van der Waals surface area contributed by atoms with Gasteiger partial charge in [-0.3, -0.25) is 0 Å². The van der Waals surface area contributed by atoms with Crippen molar-refractivity contribution in [3.8, 4) is 62.1 Å². The zero-order valence-electron chi connectivity index (χ0n) is 30.9. The lowest BCUT2D eigenvalue weighted by molar-refractivity contribution is 1.07. The van der Waals surface area contributed by atoms with E-state index < -0.39 is 0 Å². The van der Waals surface area contributed by atoms with Gasteiger partial charge in [0.05, 0.1) is 11.0 Å². The van der Waals surface area contributed by atoms with Gasteiger partial charge in [0.25, 0.3) is 0 Å². The van der Waals surface area contributed by atoms with Crippen molar-refractivity contribution in [3.05, 3.63) is 206 Å². The third-order valence-corrected chi connectivity index (χ3v) is 11.0. The highest BCUT2D eigenvalue weighted by Gasteiger charge is 2.20. The van der Waals surface area contributed by atoms with Crippen LogP contribution in [-0.4, -0.2) is 19.5 Å². The second kappa shape index (κ2) is 13.6. The van der Waals surface area contributed by atoms with E-state index in [-0.39, 0.29) is 0 Å². The van der Waals surface area contributed by atoms with Gasteiger partial charge in [0.15, 0.2) is 17.5 Å². The van der Waals surface area contributed by atoms with Crippen LogP contribution in [0.25, 0.3) is 105 Å². The molecule has 0 atom stereocenters. The molecule has 0 N–H and O–H groups in total. The molecule has 11 aromatic rings. The molecule has 2 aromatic heterocycles. The first-order chi connectivity index (χ1) is 28.2. The number of hydrogen-bond donors (Lipinski definition) is 0. The maximum atomic E-state index is 5.27. The van der Waals surface area contributed by atoms with Gasteiger partial charge in [-0.2, -0.15) is 0 Å². The van der Waals surface area contributed by atoms with Crippen LogP contribution in [0.2, 0.25) is 0 Å². The van der Waals surface area contributed by atoms with E-state index in [1.165, 1.54) is 26.9 Å². The molecule has 0 fully saturated rings. The topological polar surface area (TPSA) is 43.6 Å². The van der Waals surface area contributed by atoms with Gasteiger partial charge in [0.2, 0.25) is 0 Å². The molecule has 0 bridgehead atoms. The zero-order chi connectivity index (χ0) is 37.7. The van der Waals surface area contributed by atoms with Gasteiger partial charge < -0.3 is 4.57 Å². The van der Waals surface area contributed by atoms with Crippen LogP contribution in [0.15, 0.2) is 206 Å². The van der Waals surface area contributed by atoms with Crippen molar-refractivity contribution in [1.82, 2.24) is 19.5 Å². The molecule has 4 nitrogen and oxygen atoms in total. The molecule has 0 aliphatic heterocycles. The number of aromatic nitrogens is 4. The van der Waals surface area contributed by atoms with E-state index in [1.807, 2.05) is 18.2 Å². The second-order valence-electron chi connectivity index (χ2n) is 14.5. The lowest BCUT2D eigenvalue weighted by atomic mass is 9.94. The Kier molecular flexibility index (Phi) is 7.78. The number of para-hydroxylation sites is 1. The molecule has 4 heteroatoms. The van der Waals surface area contributed by atoms with Gasteiger partial charge in [-0.15, -0.1) is 0 Å². The van der Waals surface area contributed by atoms with Crippen LogP contribution in [0, 0.1) is 0 Å². The van der Waals surface area contributed by atoms with Gasteiger partial charge >= 0.3 is 0 Å². The molecule has 0 saturated heterocycles. The van der Waals surface area contributed by atoms with E-state index in [4.69, 9.17) is 15.0 Å². The lowest BCUT2D eigenvalue weighted by Gasteiger charge is -2.16. The van der Waals surface area contributed by atoms with Crippen LogP contribution in [0.5, 0.6) is 0 Å². The van der Waals surface area contributed by atoms with Crippen molar-refractivity contribution in [2.75, 3.05) is 0 Å². The lowest BCUT2D eigenvalue weighted by Crippen LogP contribution is -2.02. The van der Waals surface area contributed by atoms with Crippen molar-refractivity contribution >= 4 is 43.4 Å². The van der Waals surface area contributed by atoms with Crippen molar-refractivity contribution in [2.45, 2.75) is 0 Å². The van der Waals surface area contributed by atoms with Crippen LogP contribution in [-0.2, 0) is 0 Å². The first-order valence-corrected chi connectivity index (χ1v) is 19.3. The third-order valence-electron chi connectivity index (χ3n) is 11.0. The third kappa shape index (κ3) is 5.83. The Morgan fingerprint density at radius 2 is 0.877 bits per heavy atom. The Bertz CT molecular complexity index is 3290. The molecule has 0 amide bonds. The number of benzene rings is 9. The SMILES string of the molecule is c1ccc(-c2cccc(-c3cc(-n4c5ccccc5c5cc6ccccc6cc54)ccc3-c3nc(-c4ccccc4)nc(-c4ccc5ccccc5c4)n3)c2)cc1. The van der Waals surface area contributed by atoms with E-state index >= 15 is 0 Å². The molecular weight excluding hydrogens is 693 g/mol. The molecule has 57 heavy (non-hydrogen) atoms. The van der Waals surface area contributed by atoms with Crippen LogP contribution in [0.3, 0.4) is 0 Å². The molecular formula is C53H34N4. The predicted molar refractivity (Wildman–Crippen MR) is 236 cm³/mol. The summed E-state index contributed by atoms with van der Waals surface area (Å²) in [4.78, 5) is 15.6. The maximum Gasteiger partial charge on any atom is 0.164 e. The molecule has 0 spiro atoms. The molecule has 2 heterocycles. The van der Waals surface area contributed by atoms with Crippen molar-refractivity contribution in [1.29, 1.82) is 0 Å². The predicted octanol–water partition coefficient (Wildman–Crippen LogP) is 13.6. The summed E-state index contributed by atoms with van der Waals surface area (Å²) in [6.07, 6.45) is 0. The first kappa shape index (κ1) is 32.7. The zero-order valence-corrected chi connectivity index (χ0v) is 30.9. The molecule has 0 saturated carbocycles. The molecule has 266 valence electrons. The summed E-state index contributed by atoms with van der Waals surface area (Å²) in [6.45, 7) is 0. The van der Waals surface area contributed by atoms with E-state index in [0.29, 0.717) is 17.5 Å². The highest BCUT2D eigenvalue weighted by Crippen LogP contribution is 2.40. The summed E-state index contributed by atoms with van der Waals surface area (Å²) in [6, 6.07) is 73.0. The smallest absolute Gasteiger partial charge is 0.164 e. The average Bonchev–Trinajstić information content (AvgIpc) is 3.61. The Morgan fingerprint density at radius 1 is 0.281 bits per heavy atom. The second-order valence-corrected chi connectivity index (χ2v) is 14.5. The first-order valence-electron chi connectivity index (χ1n) is 19.3. The highest BCUT2D eigenvalue weighted by molar-refractivity contribution is 6.13. The average molecular weight is 727 g/mol. The summed E-state index contributed by atoms with van der Waals surface area (Å²) in [7, 11) is 0.